The lowest BCUT2D eigenvalue weighted by Crippen LogP contribution is -2.48. The Hall–Kier alpha value is -3.71. The number of rotatable bonds is 5. The molecule has 0 heterocycles. The molecular formula is C23H21N3O3S. The molecule has 7 heteroatoms. The normalized spacial score (nSPS) is 10.0. The minimum absolute atomic E-state index is 0.0165. The molecular weight excluding hydrogens is 398 g/mol. The van der Waals surface area contributed by atoms with Gasteiger partial charge in [-0.05, 0) is 53.2 Å². The predicted octanol–water partition coefficient (Wildman–Crippen LogP) is 3.24. The van der Waals surface area contributed by atoms with Crippen molar-refractivity contribution in [2.24, 2.45) is 0 Å². The second kappa shape index (κ2) is 10.2. The van der Waals surface area contributed by atoms with Crippen molar-refractivity contribution >= 4 is 29.1 Å². The number of carbonyl (C=O) groups excluding carboxylic acids is 2. The van der Waals surface area contributed by atoms with Crippen LogP contribution in [0.5, 0.6) is 5.75 Å². The van der Waals surface area contributed by atoms with Crippen molar-refractivity contribution in [3.8, 4) is 16.9 Å². The van der Waals surface area contributed by atoms with E-state index in [4.69, 9.17) is 17.0 Å². The van der Waals surface area contributed by atoms with Gasteiger partial charge >= 0.3 is 0 Å². The SMILES string of the molecule is COc1ccc(CC(=O)NC(=S)NNC(=O)c2ccc(-c3ccccc3)cc2)cc1. The van der Waals surface area contributed by atoms with E-state index in [0.29, 0.717) is 5.56 Å². The van der Waals surface area contributed by atoms with Crippen LogP contribution in [0.15, 0.2) is 78.9 Å². The Balaban J connectivity index is 1.46. The largest absolute Gasteiger partial charge is 0.497 e. The Bertz CT molecular complexity index is 1020. The number of amides is 2. The number of hydrogen-bond donors (Lipinski definition) is 3. The van der Waals surface area contributed by atoms with Crippen LogP contribution < -0.4 is 20.9 Å². The summed E-state index contributed by atoms with van der Waals surface area (Å²) >= 11 is 5.06. The van der Waals surface area contributed by atoms with Crippen molar-refractivity contribution in [1.29, 1.82) is 0 Å². The van der Waals surface area contributed by atoms with Crippen LogP contribution in [0.25, 0.3) is 11.1 Å². The topological polar surface area (TPSA) is 79.5 Å². The Morgan fingerprint density at radius 1 is 0.833 bits per heavy atom. The van der Waals surface area contributed by atoms with E-state index in [1.807, 2.05) is 42.5 Å². The van der Waals surface area contributed by atoms with Gasteiger partial charge < -0.3 is 10.1 Å². The second-order valence-corrected chi connectivity index (χ2v) is 6.83. The molecule has 0 aliphatic rings. The number of thiocarbonyl (C=S) groups is 1. The molecule has 3 rings (SSSR count). The van der Waals surface area contributed by atoms with Gasteiger partial charge in [-0.3, -0.25) is 20.4 Å². The highest BCUT2D eigenvalue weighted by molar-refractivity contribution is 7.80. The molecule has 0 saturated heterocycles. The van der Waals surface area contributed by atoms with Gasteiger partial charge in [-0.15, -0.1) is 0 Å². The highest BCUT2D eigenvalue weighted by Gasteiger charge is 2.09. The molecule has 0 saturated carbocycles. The lowest BCUT2D eigenvalue weighted by molar-refractivity contribution is -0.119. The molecule has 0 fully saturated rings. The van der Waals surface area contributed by atoms with Gasteiger partial charge in [0.1, 0.15) is 5.75 Å². The smallest absolute Gasteiger partial charge is 0.269 e. The Labute approximate surface area is 180 Å². The first-order valence-corrected chi connectivity index (χ1v) is 9.64. The van der Waals surface area contributed by atoms with E-state index in [-0.39, 0.29) is 23.3 Å². The Morgan fingerprint density at radius 2 is 1.47 bits per heavy atom. The van der Waals surface area contributed by atoms with E-state index in [9.17, 15) is 9.59 Å². The molecule has 0 unspecified atom stereocenters. The predicted molar refractivity (Wildman–Crippen MR) is 120 cm³/mol. The molecule has 152 valence electrons. The fourth-order valence-electron chi connectivity index (χ4n) is 2.76. The number of nitrogens with one attached hydrogen (secondary N) is 3. The van der Waals surface area contributed by atoms with Crippen LogP contribution in [0.2, 0.25) is 0 Å². The average molecular weight is 420 g/mol. The molecule has 2 amide bonds. The van der Waals surface area contributed by atoms with Crippen molar-refractivity contribution in [2.75, 3.05) is 7.11 Å². The Morgan fingerprint density at radius 3 is 2.10 bits per heavy atom. The quantitative estimate of drug-likeness (QED) is 0.437. The molecule has 0 radical (unpaired) electrons. The highest BCUT2D eigenvalue weighted by atomic mass is 32.1. The molecule has 3 aromatic carbocycles. The summed E-state index contributed by atoms with van der Waals surface area (Å²) < 4.78 is 5.09. The molecule has 6 nitrogen and oxygen atoms in total. The molecule has 0 atom stereocenters. The zero-order valence-corrected chi connectivity index (χ0v) is 17.2. The van der Waals surface area contributed by atoms with Gasteiger partial charge in [0.15, 0.2) is 5.11 Å². The van der Waals surface area contributed by atoms with Crippen molar-refractivity contribution < 1.29 is 14.3 Å². The molecule has 0 spiro atoms. The fraction of sp³-hybridized carbons (Fsp3) is 0.0870. The van der Waals surface area contributed by atoms with Gasteiger partial charge in [0.05, 0.1) is 13.5 Å². The summed E-state index contributed by atoms with van der Waals surface area (Å²) in [5.41, 5.74) is 8.40. The molecule has 30 heavy (non-hydrogen) atoms. The average Bonchev–Trinajstić information content (AvgIpc) is 2.78. The third-order valence-corrected chi connectivity index (χ3v) is 4.52. The van der Waals surface area contributed by atoms with Crippen molar-refractivity contribution in [3.05, 3.63) is 90.0 Å². The van der Waals surface area contributed by atoms with E-state index in [2.05, 4.69) is 16.2 Å². The molecule has 0 aliphatic carbocycles. The van der Waals surface area contributed by atoms with Gasteiger partial charge in [0.25, 0.3) is 5.91 Å². The number of methoxy groups -OCH3 is 1. The fourth-order valence-corrected chi connectivity index (χ4v) is 2.93. The molecule has 0 bridgehead atoms. The Kier molecular flexibility index (Phi) is 7.13. The van der Waals surface area contributed by atoms with E-state index >= 15 is 0 Å². The minimum atomic E-state index is -0.360. The van der Waals surface area contributed by atoms with Crippen LogP contribution >= 0.6 is 12.2 Å². The number of ether oxygens (including phenoxy) is 1. The van der Waals surface area contributed by atoms with Crippen molar-refractivity contribution in [3.63, 3.8) is 0 Å². The lowest BCUT2D eigenvalue weighted by atomic mass is 10.0. The van der Waals surface area contributed by atoms with E-state index in [1.54, 1.807) is 43.5 Å². The molecule has 3 N–H and O–H groups in total. The second-order valence-electron chi connectivity index (χ2n) is 6.42. The van der Waals surface area contributed by atoms with Crippen LogP contribution in [0.3, 0.4) is 0 Å². The number of carbonyl (C=O) groups is 2. The van der Waals surface area contributed by atoms with E-state index in [0.717, 1.165) is 22.4 Å². The number of benzene rings is 3. The zero-order valence-electron chi connectivity index (χ0n) is 16.3. The van der Waals surface area contributed by atoms with E-state index < -0.39 is 0 Å². The van der Waals surface area contributed by atoms with Crippen LogP contribution in [0.1, 0.15) is 15.9 Å². The van der Waals surface area contributed by atoms with Gasteiger partial charge in [-0.25, -0.2) is 0 Å². The minimum Gasteiger partial charge on any atom is -0.497 e. The van der Waals surface area contributed by atoms with Gasteiger partial charge in [-0.2, -0.15) is 0 Å². The third kappa shape index (κ3) is 5.89. The van der Waals surface area contributed by atoms with Gasteiger partial charge in [0, 0.05) is 5.56 Å². The van der Waals surface area contributed by atoms with Crippen LogP contribution in [0, 0.1) is 0 Å². The summed E-state index contributed by atoms with van der Waals surface area (Å²) in [6.45, 7) is 0. The number of hydrogen-bond acceptors (Lipinski definition) is 4. The van der Waals surface area contributed by atoms with Gasteiger partial charge in [-0.1, -0.05) is 54.6 Å². The molecule has 3 aromatic rings. The maximum absolute atomic E-state index is 12.3. The van der Waals surface area contributed by atoms with Crippen LogP contribution in [-0.2, 0) is 11.2 Å². The number of hydrazine groups is 1. The first-order valence-electron chi connectivity index (χ1n) is 9.24. The van der Waals surface area contributed by atoms with Crippen molar-refractivity contribution in [1.82, 2.24) is 16.2 Å². The van der Waals surface area contributed by atoms with E-state index in [1.165, 1.54) is 0 Å². The zero-order chi connectivity index (χ0) is 21.3. The van der Waals surface area contributed by atoms with Gasteiger partial charge in [0.2, 0.25) is 5.91 Å². The molecule has 0 aromatic heterocycles. The first kappa shape index (κ1) is 21.0. The summed E-state index contributed by atoms with van der Waals surface area (Å²) in [6.07, 6.45) is 0.153. The molecule has 0 aliphatic heterocycles. The lowest BCUT2D eigenvalue weighted by Gasteiger charge is -2.11. The monoisotopic (exact) mass is 419 g/mol. The third-order valence-electron chi connectivity index (χ3n) is 4.32. The van der Waals surface area contributed by atoms with Crippen molar-refractivity contribution in [2.45, 2.75) is 6.42 Å². The first-order chi connectivity index (χ1) is 14.5. The highest BCUT2D eigenvalue weighted by Crippen LogP contribution is 2.19. The summed E-state index contributed by atoms with van der Waals surface area (Å²) in [7, 11) is 1.58. The van der Waals surface area contributed by atoms with Crippen LogP contribution in [-0.4, -0.2) is 24.0 Å². The summed E-state index contributed by atoms with van der Waals surface area (Å²) in [5.74, 6) is 0.0661. The maximum Gasteiger partial charge on any atom is 0.269 e. The summed E-state index contributed by atoms with van der Waals surface area (Å²) in [6, 6.07) is 24.3. The van der Waals surface area contributed by atoms with Crippen LogP contribution in [0.4, 0.5) is 0 Å². The summed E-state index contributed by atoms with van der Waals surface area (Å²) in [4.78, 5) is 24.4. The maximum atomic E-state index is 12.3. The summed E-state index contributed by atoms with van der Waals surface area (Å²) in [5, 5.41) is 2.55. The standard InChI is InChI=1S/C23H21N3O3S/c1-29-20-13-7-16(8-14-20)15-21(27)24-23(30)26-25-22(28)19-11-9-18(10-12-19)17-5-3-2-4-6-17/h2-14H,15H2,1H3,(H,25,28)(H2,24,26,27,30).